The zero-order valence-electron chi connectivity index (χ0n) is 16.7. The summed E-state index contributed by atoms with van der Waals surface area (Å²) in [6.45, 7) is 3.05. The monoisotopic (exact) mass is 405 g/mol. The van der Waals surface area contributed by atoms with Gasteiger partial charge in [0.25, 0.3) is 0 Å². The van der Waals surface area contributed by atoms with Crippen molar-refractivity contribution in [3.63, 3.8) is 0 Å². The summed E-state index contributed by atoms with van der Waals surface area (Å²) in [5, 5.41) is 13.9. The van der Waals surface area contributed by atoms with Crippen LogP contribution in [0.1, 0.15) is 24.0 Å². The van der Waals surface area contributed by atoms with Crippen molar-refractivity contribution in [2.75, 3.05) is 18.4 Å². The number of hydrogen-bond donors (Lipinski definition) is 1. The number of benzene rings is 1. The number of aromatic nitrogens is 5. The Morgan fingerprint density at radius 2 is 2.00 bits per heavy atom. The second kappa shape index (κ2) is 8.81. The maximum absolute atomic E-state index is 12.8. The maximum atomic E-state index is 12.8. The molecule has 1 fully saturated rings. The van der Waals surface area contributed by atoms with Crippen LogP contribution in [-0.4, -0.2) is 55.0 Å². The van der Waals surface area contributed by atoms with E-state index in [0.717, 1.165) is 29.7 Å². The van der Waals surface area contributed by atoms with Crippen molar-refractivity contribution >= 4 is 17.6 Å². The van der Waals surface area contributed by atoms with Crippen LogP contribution in [0.15, 0.2) is 48.9 Å². The standard InChI is InChI=1S/C21H23N7O2/c1-15-4-9-19(22-12-15)24-21(30)17-3-2-10-27(13-17)20(29)11-16-5-7-18(8-6-16)28-14-23-25-26-28/h4-9,12,14,17H,2-3,10-11,13H2,1H3,(H,22,24,30). The molecule has 1 saturated heterocycles. The molecular weight excluding hydrogens is 382 g/mol. The fourth-order valence-electron chi connectivity index (χ4n) is 3.52. The van der Waals surface area contributed by atoms with Gasteiger partial charge in [0, 0.05) is 19.3 Å². The molecule has 0 bridgehead atoms. The molecule has 3 heterocycles. The smallest absolute Gasteiger partial charge is 0.230 e. The van der Waals surface area contributed by atoms with E-state index in [9.17, 15) is 9.59 Å². The molecule has 154 valence electrons. The number of carbonyl (C=O) groups is 2. The van der Waals surface area contributed by atoms with E-state index in [-0.39, 0.29) is 17.7 Å². The third-order valence-electron chi connectivity index (χ3n) is 5.21. The predicted molar refractivity (Wildman–Crippen MR) is 110 cm³/mol. The van der Waals surface area contributed by atoms with Crippen LogP contribution >= 0.6 is 0 Å². The third-order valence-corrected chi connectivity index (χ3v) is 5.21. The molecule has 1 aromatic carbocycles. The molecule has 1 atom stereocenters. The van der Waals surface area contributed by atoms with Crippen LogP contribution in [0.3, 0.4) is 0 Å². The van der Waals surface area contributed by atoms with Crippen molar-refractivity contribution < 1.29 is 9.59 Å². The summed E-state index contributed by atoms with van der Waals surface area (Å²) in [6, 6.07) is 11.2. The number of aryl methyl sites for hydroxylation is 1. The Morgan fingerprint density at radius 1 is 1.17 bits per heavy atom. The van der Waals surface area contributed by atoms with Crippen molar-refractivity contribution in [2.45, 2.75) is 26.2 Å². The van der Waals surface area contributed by atoms with Gasteiger partial charge in [-0.15, -0.1) is 5.10 Å². The molecule has 0 saturated carbocycles. The van der Waals surface area contributed by atoms with Crippen molar-refractivity contribution in [1.82, 2.24) is 30.1 Å². The number of pyridine rings is 1. The first-order chi connectivity index (χ1) is 14.6. The zero-order valence-corrected chi connectivity index (χ0v) is 16.7. The number of nitrogens with zero attached hydrogens (tertiary/aromatic N) is 6. The molecule has 0 radical (unpaired) electrons. The summed E-state index contributed by atoms with van der Waals surface area (Å²) in [6.07, 6.45) is 5.11. The summed E-state index contributed by atoms with van der Waals surface area (Å²) in [5.74, 6) is 0.246. The topological polar surface area (TPSA) is 106 Å². The van der Waals surface area contributed by atoms with E-state index >= 15 is 0 Å². The molecule has 0 spiro atoms. The number of hydrogen-bond acceptors (Lipinski definition) is 6. The number of amides is 2. The minimum atomic E-state index is -0.229. The highest BCUT2D eigenvalue weighted by Crippen LogP contribution is 2.20. The Bertz CT molecular complexity index is 1000. The highest BCUT2D eigenvalue weighted by atomic mass is 16.2. The van der Waals surface area contributed by atoms with Gasteiger partial charge in [-0.1, -0.05) is 18.2 Å². The molecule has 30 heavy (non-hydrogen) atoms. The van der Waals surface area contributed by atoms with Gasteiger partial charge in [-0.05, 0) is 59.5 Å². The fourth-order valence-corrected chi connectivity index (χ4v) is 3.52. The minimum absolute atomic E-state index is 0.0242. The molecule has 0 aliphatic carbocycles. The van der Waals surface area contributed by atoms with Crippen LogP contribution in [0.25, 0.3) is 5.69 Å². The highest BCUT2D eigenvalue weighted by Gasteiger charge is 2.28. The van der Waals surface area contributed by atoms with Crippen LogP contribution in [0.2, 0.25) is 0 Å². The summed E-state index contributed by atoms with van der Waals surface area (Å²) >= 11 is 0. The molecular formula is C21H23N7O2. The van der Waals surface area contributed by atoms with Crippen LogP contribution in [0, 0.1) is 12.8 Å². The maximum Gasteiger partial charge on any atom is 0.230 e. The lowest BCUT2D eigenvalue weighted by atomic mass is 9.96. The van der Waals surface area contributed by atoms with E-state index in [1.165, 1.54) is 6.33 Å². The minimum Gasteiger partial charge on any atom is -0.342 e. The largest absolute Gasteiger partial charge is 0.342 e. The van der Waals surface area contributed by atoms with Gasteiger partial charge in [-0.2, -0.15) is 0 Å². The average molecular weight is 405 g/mol. The second-order valence-electron chi connectivity index (χ2n) is 7.49. The lowest BCUT2D eigenvalue weighted by molar-refractivity contribution is -0.133. The van der Waals surface area contributed by atoms with Crippen LogP contribution in [0.4, 0.5) is 5.82 Å². The van der Waals surface area contributed by atoms with Crippen molar-refractivity contribution in [2.24, 2.45) is 5.92 Å². The van der Waals surface area contributed by atoms with Gasteiger partial charge < -0.3 is 10.2 Å². The summed E-state index contributed by atoms with van der Waals surface area (Å²) in [5.41, 5.74) is 2.77. The molecule has 2 aromatic heterocycles. The molecule has 9 nitrogen and oxygen atoms in total. The molecule has 1 unspecified atom stereocenters. The predicted octanol–water partition coefficient (Wildman–Crippen LogP) is 1.79. The first kappa shape index (κ1) is 19.7. The van der Waals surface area contributed by atoms with Crippen molar-refractivity contribution in [1.29, 1.82) is 0 Å². The Balaban J connectivity index is 1.34. The van der Waals surface area contributed by atoms with Gasteiger partial charge in [0.15, 0.2) is 0 Å². The van der Waals surface area contributed by atoms with Gasteiger partial charge in [0.05, 0.1) is 18.0 Å². The first-order valence-corrected chi connectivity index (χ1v) is 9.92. The van der Waals surface area contributed by atoms with E-state index in [2.05, 4.69) is 25.8 Å². The van der Waals surface area contributed by atoms with Crippen LogP contribution in [-0.2, 0) is 16.0 Å². The van der Waals surface area contributed by atoms with Gasteiger partial charge in [0.2, 0.25) is 11.8 Å². The SMILES string of the molecule is Cc1ccc(NC(=O)C2CCCN(C(=O)Cc3ccc(-n4cnnn4)cc3)C2)nc1. The third kappa shape index (κ3) is 4.68. The van der Waals surface area contributed by atoms with E-state index < -0.39 is 0 Å². The molecule has 4 rings (SSSR count). The molecule has 1 N–H and O–H groups in total. The lowest BCUT2D eigenvalue weighted by Gasteiger charge is -2.32. The highest BCUT2D eigenvalue weighted by molar-refractivity contribution is 5.92. The molecule has 9 heteroatoms. The summed E-state index contributed by atoms with van der Waals surface area (Å²) < 4.78 is 1.56. The number of tetrazole rings is 1. The van der Waals surface area contributed by atoms with Gasteiger partial charge >= 0.3 is 0 Å². The van der Waals surface area contributed by atoms with E-state index in [4.69, 9.17) is 0 Å². The second-order valence-corrected chi connectivity index (χ2v) is 7.49. The van der Waals surface area contributed by atoms with E-state index in [1.807, 2.05) is 37.3 Å². The van der Waals surface area contributed by atoms with Crippen molar-refractivity contribution in [3.05, 3.63) is 60.0 Å². The van der Waals surface area contributed by atoms with E-state index in [1.54, 1.807) is 21.8 Å². The van der Waals surface area contributed by atoms with E-state index in [0.29, 0.717) is 25.3 Å². The molecule has 1 aliphatic rings. The number of likely N-dealkylation sites (tertiary alicyclic amines) is 1. The normalized spacial score (nSPS) is 16.3. The Morgan fingerprint density at radius 3 is 2.70 bits per heavy atom. The molecule has 1 aliphatic heterocycles. The quantitative estimate of drug-likeness (QED) is 0.694. The lowest BCUT2D eigenvalue weighted by Crippen LogP contribution is -2.44. The number of carbonyl (C=O) groups excluding carboxylic acids is 2. The summed E-state index contributed by atoms with van der Waals surface area (Å²) in [4.78, 5) is 31.4. The van der Waals surface area contributed by atoms with Gasteiger partial charge in [0.1, 0.15) is 12.1 Å². The molecule has 2 amide bonds. The zero-order chi connectivity index (χ0) is 20.9. The Hall–Kier alpha value is -3.62. The number of nitrogens with one attached hydrogen (secondary N) is 1. The number of anilines is 1. The van der Waals surface area contributed by atoms with Gasteiger partial charge in [-0.3, -0.25) is 9.59 Å². The average Bonchev–Trinajstić information content (AvgIpc) is 3.31. The van der Waals surface area contributed by atoms with Crippen LogP contribution in [0.5, 0.6) is 0 Å². The summed E-state index contributed by atoms with van der Waals surface area (Å²) in [7, 11) is 0. The fraction of sp³-hybridized carbons (Fsp3) is 0.333. The number of piperidine rings is 1. The van der Waals surface area contributed by atoms with Crippen LogP contribution < -0.4 is 5.32 Å². The van der Waals surface area contributed by atoms with Crippen molar-refractivity contribution in [3.8, 4) is 5.69 Å². The first-order valence-electron chi connectivity index (χ1n) is 9.92. The Kier molecular flexibility index (Phi) is 5.78. The Labute approximate surface area is 174 Å². The van der Waals surface area contributed by atoms with Gasteiger partial charge in [-0.25, -0.2) is 9.67 Å². The number of rotatable bonds is 5. The molecule has 3 aromatic rings.